The Kier molecular flexibility index (Phi) is 6.07. The first-order valence-corrected chi connectivity index (χ1v) is 6.97. The molecule has 0 radical (unpaired) electrons. The number of rotatable bonds is 6. The zero-order valence-corrected chi connectivity index (χ0v) is 12.1. The van der Waals surface area contributed by atoms with Gasteiger partial charge < -0.3 is 5.32 Å². The molecule has 0 aromatic heterocycles. The van der Waals surface area contributed by atoms with Crippen molar-refractivity contribution in [2.24, 2.45) is 0 Å². The molecule has 90 valence electrons. The van der Waals surface area contributed by atoms with Gasteiger partial charge in [0.25, 0.3) is 0 Å². The molecule has 0 aliphatic rings. The highest BCUT2D eigenvalue weighted by Crippen LogP contribution is 2.25. The molecule has 0 aliphatic heterocycles. The molecule has 0 spiro atoms. The van der Waals surface area contributed by atoms with Crippen molar-refractivity contribution in [3.63, 3.8) is 0 Å². The van der Waals surface area contributed by atoms with Gasteiger partial charge in [0.05, 0.1) is 0 Å². The molecule has 1 nitrogen and oxygen atoms in total. The minimum absolute atomic E-state index is 0.502. The quantitative estimate of drug-likeness (QED) is 0.805. The summed E-state index contributed by atoms with van der Waals surface area (Å²) in [6.45, 7) is 7.74. The van der Waals surface area contributed by atoms with Crippen LogP contribution in [0.15, 0.2) is 22.7 Å². The Morgan fingerprint density at radius 1 is 1.25 bits per heavy atom. The van der Waals surface area contributed by atoms with Crippen LogP contribution in [0.3, 0.4) is 0 Å². The maximum atomic E-state index is 3.63. The molecule has 0 bridgehead atoms. The zero-order valence-electron chi connectivity index (χ0n) is 10.5. The van der Waals surface area contributed by atoms with Gasteiger partial charge in [-0.1, -0.05) is 42.3 Å². The Hall–Kier alpha value is -0.340. The van der Waals surface area contributed by atoms with Gasteiger partial charge in [0.15, 0.2) is 0 Å². The standard InChI is InChI=1S/C14H22BrN/c1-4-6-14(16-9-5-2)13-10-12(15)8-7-11(13)3/h7-8,10,14,16H,4-6,9H2,1-3H3. The first-order valence-electron chi connectivity index (χ1n) is 6.18. The van der Waals surface area contributed by atoms with E-state index in [1.54, 1.807) is 0 Å². The zero-order chi connectivity index (χ0) is 12.0. The van der Waals surface area contributed by atoms with Crippen LogP contribution >= 0.6 is 15.9 Å². The normalized spacial score (nSPS) is 12.8. The Bertz CT molecular complexity index is 323. The summed E-state index contributed by atoms with van der Waals surface area (Å²) in [7, 11) is 0. The summed E-state index contributed by atoms with van der Waals surface area (Å²) in [5.74, 6) is 0. The summed E-state index contributed by atoms with van der Waals surface area (Å²) in [4.78, 5) is 0. The molecule has 2 heteroatoms. The molecule has 0 saturated carbocycles. The van der Waals surface area contributed by atoms with Gasteiger partial charge in [-0.3, -0.25) is 0 Å². The van der Waals surface area contributed by atoms with E-state index >= 15 is 0 Å². The van der Waals surface area contributed by atoms with Gasteiger partial charge in [0.1, 0.15) is 0 Å². The second-order valence-electron chi connectivity index (χ2n) is 4.30. The Labute approximate surface area is 108 Å². The largest absolute Gasteiger partial charge is 0.310 e. The fourth-order valence-electron chi connectivity index (χ4n) is 1.96. The van der Waals surface area contributed by atoms with Crippen LogP contribution in [0.25, 0.3) is 0 Å². The van der Waals surface area contributed by atoms with Crippen LogP contribution in [0.2, 0.25) is 0 Å². The van der Waals surface area contributed by atoms with Crippen molar-refractivity contribution < 1.29 is 0 Å². The van der Waals surface area contributed by atoms with Gasteiger partial charge in [0.2, 0.25) is 0 Å². The lowest BCUT2D eigenvalue weighted by Crippen LogP contribution is -2.22. The average Bonchev–Trinajstić information content (AvgIpc) is 2.28. The van der Waals surface area contributed by atoms with E-state index in [1.165, 1.54) is 34.9 Å². The highest BCUT2D eigenvalue weighted by atomic mass is 79.9. The highest BCUT2D eigenvalue weighted by Gasteiger charge is 2.12. The molecule has 16 heavy (non-hydrogen) atoms. The van der Waals surface area contributed by atoms with Crippen LogP contribution in [0, 0.1) is 6.92 Å². The Morgan fingerprint density at radius 2 is 2.00 bits per heavy atom. The lowest BCUT2D eigenvalue weighted by Gasteiger charge is -2.20. The molecule has 1 aromatic rings. The van der Waals surface area contributed by atoms with E-state index in [4.69, 9.17) is 0 Å². The lowest BCUT2D eigenvalue weighted by molar-refractivity contribution is 0.492. The predicted molar refractivity (Wildman–Crippen MR) is 74.8 cm³/mol. The summed E-state index contributed by atoms with van der Waals surface area (Å²) in [5, 5.41) is 3.63. The molecule has 0 fully saturated rings. The highest BCUT2D eigenvalue weighted by molar-refractivity contribution is 9.10. The van der Waals surface area contributed by atoms with Gasteiger partial charge in [-0.05, 0) is 49.6 Å². The molecule has 0 saturated heterocycles. The average molecular weight is 284 g/mol. The first-order chi connectivity index (χ1) is 7.69. The summed E-state index contributed by atoms with van der Waals surface area (Å²) in [5.41, 5.74) is 2.81. The smallest absolute Gasteiger partial charge is 0.0323 e. The van der Waals surface area contributed by atoms with Crippen molar-refractivity contribution in [2.75, 3.05) is 6.54 Å². The van der Waals surface area contributed by atoms with Crippen molar-refractivity contribution in [3.8, 4) is 0 Å². The molecule has 1 atom stereocenters. The molecule has 0 heterocycles. The summed E-state index contributed by atoms with van der Waals surface area (Å²) in [6, 6.07) is 7.05. The van der Waals surface area contributed by atoms with Crippen LogP contribution in [0.5, 0.6) is 0 Å². The number of aryl methyl sites for hydroxylation is 1. The van der Waals surface area contributed by atoms with Crippen LogP contribution in [-0.2, 0) is 0 Å². The molecular weight excluding hydrogens is 262 g/mol. The minimum Gasteiger partial charge on any atom is -0.310 e. The SMILES string of the molecule is CCCNC(CCC)c1cc(Br)ccc1C. The van der Waals surface area contributed by atoms with E-state index in [-0.39, 0.29) is 0 Å². The third-order valence-electron chi connectivity index (χ3n) is 2.83. The molecule has 1 aromatic carbocycles. The summed E-state index contributed by atoms with van der Waals surface area (Å²) in [6.07, 6.45) is 3.61. The topological polar surface area (TPSA) is 12.0 Å². The maximum absolute atomic E-state index is 3.63. The molecule has 1 N–H and O–H groups in total. The van der Waals surface area contributed by atoms with Gasteiger partial charge in [-0.25, -0.2) is 0 Å². The third kappa shape index (κ3) is 3.91. The van der Waals surface area contributed by atoms with Crippen LogP contribution in [0.1, 0.15) is 50.3 Å². The van der Waals surface area contributed by atoms with E-state index in [1.807, 2.05) is 0 Å². The number of hydrogen-bond donors (Lipinski definition) is 1. The maximum Gasteiger partial charge on any atom is 0.0323 e. The third-order valence-corrected chi connectivity index (χ3v) is 3.33. The van der Waals surface area contributed by atoms with Crippen LogP contribution in [0.4, 0.5) is 0 Å². The van der Waals surface area contributed by atoms with Gasteiger partial charge >= 0.3 is 0 Å². The van der Waals surface area contributed by atoms with E-state index in [9.17, 15) is 0 Å². The predicted octanol–water partition coefficient (Wildman–Crippen LogP) is 4.60. The second-order valence-corrected chi connectivity index (χ2v) is 5.21. The van der Waals surface area contributed by atoms with E-state index in [2.05, 4.69) is 60.2 Å². The molecule has 0 amide bonds. The fourth-order valence-corrected chi connectivity index (χ4v) is 2.34. The van der Waals surface area contributed by atoms with Crippen molar-refractivity contribution in [3.05, 3.63) is 33.8 Å². The second kappa shape index (κ2) is 7.08. The molecule has 1 rings (SSSR count). The van der Waals surface area contributed by atoms with E-state index in [0.29, 0.717) is 6.04 Å². The van der Waals surface area contributed by atoms with E-state index < -0.39 is 0 Å². The minimum atomic E-state index is 0.502. The van der Waals surface area contributed by atoms with Gasteiger partial charge in [-0.2, -0.15) is 0 Å². The molecule has 1 unspecified atom stereocenters. The monoisotopic (exact) mass is 283 g/mol. The van der Waals surface area contributed by atoms with Crippen molar-refractivity contribution in [2.45, 2.75) is 46.1 Å². The van der Waals surface area contributed by atoms with Gasteiger partial charge in [-0.15, -0.1) is 0 Å². The number of nitrogens with one attached hydrogen (secondary N) is 1. The number of hydrogen-bond acceptors (Lipinski definition) is 1. The van der Waals surface area contributed by atoms with Crippen LogP contribution < -0.4 is 5.32 Å². The Balaban J connectivity index is 2.85. The first kappa shape index (κ1) is 13.7. The number of halogens is 1. The van der Waals surface area contributed by atoms with Crippen molar-refractivity contribution >= 4 is 15.9 Å². The van der Waals surface area contributed by atoms with Crippen molar-refractivity contribution in [1.82, 2.24) is 5.32 Å². The number of benzene rings is 1. The Morgan fingerprint density at radius 3 is 2.62 bits per heavy atom. The summed E-state index contributed by atoms with van der Waals surface area (Å²) >= 11 is 3.56. The molecule has 0 aliphatic carbocycles. The molecular formula is C14H22BrN. The van der Waals surface area contributed by atoms with Crippen molar-refractivity contribution in [1.29, 1.82) is 0 Å². The van der Waals surface area contributed by atoms with Crippen LogP contribution in [-0.4, -0.2) is 6.54 Å². The fraction of sp³-hybridized carbons (Fsp3) is 0.571. The van der Waals surface area contributed by atoms with Gasteiger partial charge in [0, 0.05) is 10.5 Å². The summed E-state index contributed by atoms with van der Waals surface area (Å²) < 4.78 is 1.17. The lowest BCUT2D eigenvalue weighted by atomic mass is 9.98. The van der Waals surface area contributed by atoms with E-state index in [0.717, 1.165) is 6.54 Å².